The molecule has 0 fully saturated rings. The summed E-state index contributed by atoms with van der Waals surface area (Å²) in [5.41, 5.74) is 1.02. The topological polar surface area (TPSA) is 67.8 Å². The highest BCUT2D eigenvalue weighted by Gasteiger charge is 2.17. The lowest BCUT2D eigenvalue weighted by atomic mass is 10.1. The van der Waals surface area contributed by atoms with E-state index < -0.39 is 5.97 Å². The van der Waals surface area contributed by atoms with Crippen LogP contribution in [0.3, 0.4) is 0 Å². The van der Waals surface area contributed by atoms with Crippen LogP contribution in [0.25, 0.3) is 0 Å². The number of hydrogen-bond donors (Lipinski definition) is 2. The molecule has 1 aromatic carbocycles. The largest absolute Gasteiger partial charge is 0.493 e. The van der Waals surface area contributed by atoms with Gasteiger partial charge in [-0.3, -0.25) is 0 Å². The first-order valence-corrected chi connectivity index (χ1v) is 5.26. The molecular formula is C12H17NO4. The van der Waals surface area contributed by atoms with Crippen molar-refractivity contribution < 1.29 is 19.4 Å². The Balaban J connectivity index is 3.20. The van der Waals surface area contributed by atoms with Gasteiger partial charge >= 0.3 is 5.97 Å². The van der Waals surface area contributed by atoms with E-state index in [-0.39, 0.29) is 11.3 Å². The van der Waals surface area contributed by atoms with Gasteiger partial charge in [-0.1, -0.05) is 0 Å². The number of aromatic carboxylic acids is 1. The summed E-state index contributed by atoms with van der Waals surface area (Å²) in [5, 5.41) is 12.1. The smallest absolute Gasteiger partial charge is 0.339 e. The molecule has 17 heavy (non-hydrogen) atoms. The normalized spacial score (nSPS) is 10.1. The highest BCUT2D eigenvalue weighted by atomic mass is 16.5. The number of likely N-dealkylation sites (N-methyl/N-ethyl adjacent to an activating group) is 1. The summed E-state index contributed by atoms with van der Waals surface area (Å²) < 4.78 is 10.2. The average Bonchev–Trinajstić information content (AvgIpc) is 2.34. The molecule has 1 rings (SSSR count). The summed E-state index contributed by atoms with van der Waals surface area (Å²) in [6.07, 6.45) is 0.733. The second-order valence-corrected chi connectivity index (χ2v) is 3.54. The van der Waals surface area contributed by atoms with Crippen LogP contribution in [0, 0.1) is 0 Å². The monoisotopic (exact) mass is 239 g/mol. The molecule has 0 radical (unpaired) electrons. The van der Waals surface area contributed by atoms with E-state index in [1.165, 1.54) is 14.2 Å². The molecule has 0 spiro atoms. The molecule has 94 valence electrons. The maximum Gasteiger partial charge on any atom is 0.339 e. The number of hydrogen-bond acceptors (Lipinski definition) is 4. The van der Waals surface area contributed by atoms with E-state index in [4.69, 9.17) is 14.6 Å². The lowest BCUT2D eigenvalue weighted by molar-refractivity contribution is 0.0692. The first-order valence-electron chi connectivity index (χ1n) is 5.26. The number of ether oxygens (including phenoxy) is 2. The maximum absolute atomic E-state index is 11.1. The van der Waals surface area contributed by atoms with Crippen molar-refractivity contribution in [2.45, 2.75) is 6.42 Å². The van der Waals surface area contributed by atoms with Gasteiger partial charge in [-0.25, -0.2) is 4.79 Å². The summed E-state index contributed by atoms with van der Waals surface area (Å²) >= 11 is 0. The van der Waals surface area contributed by atoms with E-state index in [9.17, 15) is 4.79 Å². The third-order valence-electron chi connectivity index (χ3n) is 2.43. The molecule has 0 amide bonds. The molecule has 0 aliphatic heterocycles. The third kappa shape index (κ3) is 3.10. The van der Waals surface area contributed by atoms with Gasteiger partial charge in [0, 0.05) is 0 Å². The fourth-order valence-electron chi connectivity index (χ4n) is 1.59. The van der Waals surface area contributed by atoms with Gasteiger partial charge in [-0.2, -0.15) is 0 Å². The molecule has 5 nitrogen and oxygen atoms in total. The van der Waals surface area contributed by atoms with Crippen molar-refractivity contribution in [3.63, 3.8) is 0 Å². The van der Waals surface area contributed by atoms with Crippen LogP contribution >= 0.6 is 0 Å². The molecular weight excluding hydrogens is 222 g/mol. The number of rotatable bonds is 6. The van der Waals surface area contributed by atoms with Crippen molar-refractivity contribution in [3.05, 3.63) is 23.3 Å². The highest BCUT2D eigenvalue weighted by molar-refractivity contribution is 5.92. The molecule has 0 aliphatic rings. The van der Waals surface area contributed by atoms with E-state index in [0.29, 0.717) is 5.75 Å². The van der Waals surface area contributed by atoms with Gasteiger partial charge in [0.1, 0.15) is 5.56 Å². The number of benzene rings is 1. The standard InChI is InChI=1S/C12H17NO4/c1-13-5-4-8-6-9(12(14)15)11(17-3)10(7-8)16-2/h6-7,13H,4-5H2,1-3H3,(H,14,15). The van der Waals surface area contributed by atoms with Crippen molar-refractivity contribution in [2.75, 3.05) is 27.8 Å². The predicted octanol–water partition coefficient (Wildman–Crippen LogP) is 1.16. The highest BCUT2D eigenvalue weighted by Crippen LogP contribution is 2.32. The Morgan fingerprint density at radius 1 is 1.35 bits per heavy atom. The van der Waals surface area contributed by atoms with Gasteiger partial charge in [-0.15, -0.1) is 0 Å². The van der Waals surface area contributed by atoms with Crippen molar-refractivity contribution in [3.8, 4) is 11.5 Å². The Morgan fingerprint density at radius 2 is 2.06 bits per heavy atom. The van der Waals surface area contributed by atoms with Crippen molar-refractivity contribution >= 4 is 5.97 Å². The van der Waals surface area contributed by atoms with Crippen LogP contribution in [-0.4, -0.2) is 38.9 Å². The fourth-order valence-corrected chi connectivity index (χ4v) is 1.59. The molecule has 1 aromatic rings. The van der Waals surface area contributed by atoms with Crippen molar-refractivity contribution in [1.82, 2.24) is 5.32 Å². The van der Waals surface area contributed by atoms with Crippen LogP contribution < -0.4 is 14.8 Å². The predicted molar refractivity (Wildman–Crippen MR) is 64.1 cm³/mol. The minimum Gasteiger partial charge on any atom is -0.493 e. The van der Waals surface area contributed by atoms with Crippen LogP contribution in [0.2, 0.25) is 0 Å². The Labute approximate surface area is 100 Å². The lowest BCUT2D eigenvalue weighted by Gasteiger charge is -2.12. The van der Waals surface area contributed by atoms with E-state index in [1.54, 1.807) is 12.1 Å². The molecule has 0 aromatic heterocycles. The number of carbonyl (C=O) groups is 1. The average molecular weight is 239 g/mol. The van der Waals surface area contributed by atoms with Gasteiger partial charge in [0.2, 0.25) is 0 Å². The van der Waals surface area contributed by atoms with Gasteiger partial charge in [0.05, 0.1) is 14.2 Å². The van der Waals surface area contributed by atoms with Crippen LogP contribution in [0.5, 0.6) is 11.5 Å². The summed E-state index contributed by atoms with van der Waals surface area (Å²) in [4.78, 5) is 11.1. The quantitative estimate of drug-likeness (QED) is 0.779. The summed E-state index contributed by atoms with van der Waals surface area (Å²) in [7, 11) is 4.77. The second-order valence-electron chi connectivity index (χ2n) is 3.54. The van der Waals surface area contributed by atoms with Crippen molar-refractivity contribution in [1.29, 1.82) is 0 Å². The fraction of sp³-hybridized carbons (Fsp3) is 0.417. The zero-order valence-electron chi connectivity index (χ0n) is 10.2. The lowest BCUT2D eigenvalue weighted by Crippen LogP contribution is -2.11. The Hall–Kier alpha value is -1.75. The zero-order valence-corrected chi connectivity index (χ0v) is 10.2. The molecule has 5 heteroatoms. The molecule has 0 unspecified atom stereocenters. The minimum absolute atomic E-state index is 0.123. The molecule has 2 N–H and O–H groups in total. The van der Waals surface area contributed by atoms with Crippen LogP contribution in [0.1, 0.15) is 15.9 Å². The van der Waals surface area contributed by atoms with E-state index in [2.05, 4.69) is 5.32 Å². The Bertz CT molecular complexity index is 404. The van der Waals surface area contributed by atoms with Crippen LogP contribution in [-0.2, 0) is 6.42 Å². The summed E-state index contributed by atoms with van der Waals surface area (Å²) in [6.45, 7) is 0.772. The van der Waals surface area contributed by atoms with Crippen molar-refractivity contribution in [2.24, 2.45) is 0 Å². The second kappa shape index (κ2) is 6.10. The number of carboxylic acid groups (broad SMARTS) is 1. The number of nitrogens with one attached hydrogen (secondary N) is 1. The molecule has 0 saturated carbocycles. The molecule has 0 aliphatic carbocycles. The Morgan fingerprint density at radius 3 is 2.53 bits per heavy atom. The Kier molecular flexibility index (Phi) is 4.78. The number of carboxylic acids is 1. The molecule has 0 atom stereocenters. The van der Waals surface area contributed by atoms with E-state index >= 15 is 0 Å². The van der Waals surface area contributed by atoms with Crippen LogP contribution in [0.15, 0.2) is 12.1 Å². The molecule has 0 heterocycles. The third-order valence-corrected chi connectivity index (χ3v) is 2.43. The zero-order chi connectivity index (χ0) is 12.8. The maximum atomic E-state index is 11.1. The summed E-state index contributed by atoms with van der Waals surface area (Å²) in [5.74, 6) is -0.321. The molecule has 0 saturated heterocycles. The van der Waals surface area contributed by atoms with Gasteiger partial charge in [0.25, 0.3) is 0 Å². The number of methoxy groups -OCH3 is 2. The van der Waals surface area contributed by atoms with Gasteiger partial charge in [0.15, 0.2) is 11.5 Å². The minimum atomic E-state index is -1.02. The van der Waals surface area contributed by atoms with E-state index in [1.807, 2.05) is 7.05 Å². The molecule has 0 bridgehead atoms. The van der Waals surface area contributed by atoms with Gasteiger partial charge < -0.3 is 19.9 Å². The summed E-state index contributed by atoms with van der Waals surface area (Å²) in [6, 6.07) is 3.41. The van der Waals surface area contributed by atoms with Crippen LogP contribution in [0.4, 0.5) is 0 Å². The van der Waals surface area contributed by atoms with E-state index in [0.717, 1.165) is 18.5 Å². The SMILES string of the molecule is CNCCc1cc(OC)c(OC)c(C(=O)O)c1. The van der Waals surface area contributed by atoms with Gasteiger partial charge in [-0.05, 0) is 37.7 Å². The first-order chi connectivity index (χ1) is 8.13. The first kappa shape index (κ1) is 13.3.